The first-order valence-electron chi connectivity index (χ1n) is 10.8. The topological polar surface area (TPSA) is 53.1 Å². The average molecular weight is 411 g/mol. The second-order valence-electron chi connectivity index (χ2n) is 7.90. The Bertz CT molecular complexity index is 1170. The number of hydrogen-bond donors (Lipinski definition) is 2. The van der Waals surface area contributed by atoms with E-state index in [9.17, 15) is 4.79 Å². The summed E-state index contributed by atoms with van der Waals surface area (Å²) in [7, 11) is 0. The quantitative estimate of drug-likeness (QED) is 0.526. The number of hydrogen-bond acceptors (Lipinski definition) is 3. The molecule has 31 heavy (non-hydrogen) atoms. The summed E-state index contributed by atoms with van der Waals surface area (Å²) in [6, 6.07) is 30.6. The molecule has 5 rings (SSSR count). The second kappa shape index (κ2) is 8.76. The normalized spacial score (nSPS) is 15.6. The Kier molecular flexibility index (Phi) is 5.52. The number of rotatable bonds is 5. The van der Waals surface area contributed by atoms with E-state index < -0.39 is 0 Å². The SMILES string of the molecule is O=c1cc(C(c2ccc(-c3ccccc3)cc2)N2CCNCC2)[nH]n1-c1ccccc1. The molecule has 1 unspecified atom stereocenters. The molecule has 0 aliphatic carbocycles. The van der Waals surface area contributed by atoms with Gasteiger partial charge in [-0.1, -0.05) is 72.8 Å². The third-order valence-electron chi connectivity index (χ3n) is 5.90. The van der Waals surface area contributed by atoms with Gasteiger partial charge >= 0.3 is 0 Å². The summed E-state index contributed by atoms with van der Waals surface area (Å²) in [6.45, 7) is 3.76. The maximum Gasteiger partial charge on any atom is 0.271 e. The molecule has 0 radical (unpaired) electrons. The lowest BCUT2D eigenvalue weighted by atomic mass is 9.97. The molecule has 0 spiro atoms. The summed E-state index contributed by atoms with van der Waals surface area (Å²) < 4.78 is 1.63. The van der Waals surface area contributed by atoms with E-state index in [2.05, 4.69) is 63.8 Å². The molecule has 1 aliphatic rings. The second-order valence-corrected chi connectivity index (χ2v) is 7.90. The summed E-state index contributed by atoms with van der Waals surface area (Å²) in [5.74, 6) is 0. The maximum atomic E-state index is 12.8. The van der Waals surface area contributed by atoms with Crippen molar-refractivity contribution in [2.45, 2.75) is 6.04 Å². The van der Waals surface area contributed by atoms with Crippen LogP contribution in [-0.2, 0) is 0 Å². The number of para-hydroxylation sites is 1. The minimum atomic E-state index is -0.0396. The Morgan fingerprint density at radius 2 is 1.35 bits per heavy atom. The van der Waals surface area contributed by atoms with Gasteiger partial charge in [0.05, 0.1) is 17.4 Å². The molecule has 1 aromatic heterocycles. The Balaban J connectivity index is 1.53. The molecule has 5 nitrogen and oxygen atoms in total. The third kappa shape index (κ3) is 4.10. The van der Waals surface area contributed by atoms with Crippen molar-refractivity contribution >= 4 is 0 Å². The third-order valence-corrected chi connectivity index (χ3v) is 5.90. The number of benzene rings is 3. The summed E-state index contributed by atoms with van der Waals surface area (Å²) in [5.41, 5.74) is 5.31. The van der Waals surface area contributed by atoms with Gasteiger partial charge in [-0.2, -0.15) is 0 Å². The highest BCUT2D eigenvalue weighted by atomic mass is 16.1. The molecule has 4 aromatic rings. The van der Waals surface area contributed by atoms with Gasteiger partial charge in [0.1, 0.15) is 0 Å². The number of piperazine rings is 1. The predicted molar refractivity (Wildman–Crippen MR) is 125 cm³/mol. The van der Waals surface area contributed by atoms with Crippen LogP contribution < -0.4 is 10.9 Å². The number of nitrogens with zero attached hydrogens (tertiary/aromatic N) is 2. The van der Waals surface area contributed by atoms with Gasteiger partial charge in [-0.3, -0.25) is 14.8 Å². The van der Waals surface area contributed by atoms with Crippen LogP contribution in [0.3, 0.4) is 0 Å². The van der Waals surface area contributed by atoms with Gasteiger partial charge < -0.3 is 5.32 Å². The van der Waals surface area contributed by atoms with Gasteiger partial charge in [0.25, 0.3) is 5.56 Å². The summed E-state index contributed by atoms with van der Waals surface area (Å²) in [4.78, 5) is 15.2. The van der Waals surface area contributed by atoms with Crippen LogP contribution >= 0.6 is 0 Å². The average Bonchev–Trinajstić information content (AvgIpc) is 3.22. The van der Waals surface area contributed by atoms with Gasteiger partial charge in [-0.25, -0.2) is 4.68 Å². The molecule has 5 heteroatoms. The van der Waals surface area contributed by atoms with E-state index in [1.165, 1.54) is 16.7 Å². The van der Waals surface area contributed by atoms with E-state index in [-0.39, 0.29) is 11.6 Å². The van der Waals surface area contributed by atoms with Crippen molar-refractivity contribution in [1.82, 2.24) is 20.0 Å². The van der Waals surface area contributed by atoms with E-state index >= 15 is 0 Å². The van der Waals surface area contributed by atoms with Gasteiger partial charge in [0, 0.05) is 32.2 Å². The molecular formula is C26H26N4O. The molecule has 1 aliphatic heterocycles. The Morgan fingerprint density at radius 1 is 0.742 bits per heavy atom. The molecule has 1 atom stereocenters. The first-order chi connectivity index (χ1) is 15.3. The fourth-order valence-electron chi connectivity index (χ4n) is 4.34. The molecule has 1 saturated heterocycles. The monoisotopic (exact) mass is 410 g/mol. The fraction of sp³-hybridized carbons (Fsp3) is 0.192. The number of aromatic amines is 1. The highest BCUT2D eigenvalue weighted by Gasteiger charge is 2.26. The Morgan fingerprint density at radius 3 is 2.03 bits per heavy atom. The van der Waals surface area contributed by atoms with Crippen molar-refractivity contribution in [3.05, 3.63) is 113 Å². The summed E-state index contributed by atoms with van der Waals surface area (Å²) in [6.07, 6.45) is 0. The van der Waals surface area contributed by atoms with Gasteiger partial charge in [-0.05, 0) is 28.8 Å². The lowest BCUT2D eigenvalue weighted by Gasteiger charge is -2.34. The van der Waals surface area contributed by atoms with Crippen LogP contribution in [0.4, 0.5) is 0 Å². The lowest BCUT2D eigenvalue weighted by Crippen LogP contribution is -2.45. The van der Waals surface area contributed by atoms with E-state index in [0.717, 1.165) is 37.6 Å². The zero-order valence-corrected chi connectivity index (χ0v) is 17.4. The molecule has 156 valence electrons. The maximum absolute atomic E-state index is 12.8. The predicted octanol–water partition coefficient (Wildman–Crippen LogP) is 3.83. The van der Waals surface area contributed by atoms with Crippen LogP contribution in [0.1, 0.15) is 17.3 Å². The first kappa shape index (κ1) is 19.5. The summed E-state index contributed by atoms with van der Waals surface area (Å²) in [5, 5.41) is 6.81. The minimum absolute atomic E-state index is 0.00425. The molecule has 0 bridgehead atoms. The van der Waals surface area contributed by atoms with E-state index in [0.29, 0.717) is 0 Å². The van der Waals surface area contributed by atoms with Crippen molar-refractivity contribution in [3.8, 4) is 16.8 Å². The standard InChI is InChI=1S/C26H26N4O/c31-25-19-24(28-30(25)23-9-5-2-6-10-23)26(29-17-15-27-16-18-29)22-13-11-21(12-14-22)20-7-3-1-4-8-20/h1-14,19,26-28H,15-18H2. The van der Waals surface area contributed by atoms with E-state index in [1.807, 2.05) is 36.4 Å². The van der Waals surface area contributed by atoms with Gasteiger partial charge in [0.2, 0.25) is 0 Å². The largest absolute Gasteiger partial charge is 0.314 e. The van der Waals surface area contributed by atoms with Crippen LogP contribution in [0, 0.1) is 0 Å². The Hall–Kier alpha value is -3.41. The first-order valence-corrected chi connectivity index (χ1v) is 10.8. The van der Waals surface area contributed by atoms with Crippen molar-refractivity contribution in [1.29, 1.82) is 0 Å². The molecule has 2 N–H and O–H groups in total. The molecule has 3 aromatic carbocycles. The van der Waals surface area contributed by atoms with Gasteiger partial charge in [0.15, 0.2) is 0 Å². The fourth-order valence-corrected chi connectivity index (χ4v) is 4.34. The van der Waals surface area contributed by atoms with Crippen LogP contribution in [0.25, 0.3) is 16.8 Å². The van der Waals surface area contributed by atoms with Crippen LogP contribution in [0.15, 0.2) is 95.8 Å². The van der Waals surface area contributed by atoms with Crippen molar-refractivity contribution in [3.63, 3.8) is 0 Å². The minimum Gasteiger partial charge on any atom is -0.314 e. The summed E-state index contributed by atoms with van der Waals surface area (Å²) >= 11 is 0. The van der Waals surface area contributed by atoms with Gasteiger partial charge in [-0.15, -0.1) is 0 Å². The highest BCUT2D eigenvalue weighted by molar-refractivity contribution is 5.63. The Labute approximate surface area is 182 Å². The van der Waals surface area contributed by atoms with Crippen LogP contribution in [0.5, 0.6) is 0 Å². The zero-order chi connectivity index (χ0) is 21.0. The molecular weight excluding hydrogens is 384 g/mol. The van der Waals surface area contributed by atoms with Crippen molar-refractivity contribution in [2.75, 3.05) is 26.2 Å². The number of H-pyrrole nitrogens is 1. The highest BCUT2D eigenvalue weighted by Crippen LogP contribution is 2.29. The molecule has 0 amide bonds. The van der Waals surface area contributed by atoms with E-state index in [1.54, 1.807) is 10.7 Å². The van der Waals surface area contributed by atoms with Crippen molar-refractivity contribution in [2.24, 2.45) is 0 Å². The molecule has 2 heterocycles. The van der Waals surface area contributed by atoms with Crippen molar-refractivity contribution < 1.29 is 0 Å². The number of nitrogens with one attached hydrogen (secondary N) is 2. The number of aromatic nitrogens is 2. The molecule has 1 fully saturated rings. The van der Waals surface area contributed by atoms with Crippen LogP contribution in [0.2, 0.25) is 0 Å². The lowest BCUT2D eigenvalue weighted by molar-refractivity contribution is 0.195. The molecule has 0 saturated carbocycles. The smallest absolute Gasteiger partial charge is 0.271 e. The zero-order valence-electron chi connectivity index (χ0n) is 17.4. The van der Waals surface area contributed by atoms with E-state index in [4.69, 9.17) is 0 Å². The van der Waals surface area contributed by atoms with Crippen LogP contribution in [-0.4, -0.2) is 40.9 Å².